The minimum absolute atomic E-state index is 0.0995. The molecule has 6 heteroatoms. The lowest BCUT2D eigenvalue weighted by atomic mass is 10.1. The average Bonchev–Trinajstić information content (AvgIpc) is 2.48. The molecule has 114 valence electrons. The highest BCUT2D eigenvalue weighted by Gasteiger charge is 2.09. The Morgan fingerprint density at radius 2 is 1.55 bits per heavy atom. The van der Waals surface area contributed by atoms with Crippen LogP contribution in [0.5, 0.6) is 17.2 Å². The van der Waals surface area contributed by atoms with Gasteiger partial charge in [-0.3, -0.25) is 4.79 Å². The van der Waals surface area contributed by atoms with Crippen molar-refractivity contribution in [3.8, 4) is 17.2 Å². The lowest BCUT2D eigenvalue weighted by Crippen LogP contribution is -2.19. The van der Waals surface area contributed by atoms with Gasteiger partial charge in [0.1, 0.15) is 17.2 Å². The molecule has 0 aliphatic heterocycles. The van der Waals surface area contributed by atoms with E-state index in [-0.39, 0.29) is 22.8 Å². The molecule has 0 unspecified atom stereocenters. The number of hydrogen-bond acceptors (Lipinski definition) is 5. The van der Waals surface area contributed by atoms with Crippen molar-refractivity contribution in [3.05, 3.63) is 53.6 Å². The largest absolute Gasteiger partial charge is 0.508 e. The number of benzene rings is 2. The first kappa shape index (κ1) is 15.4. The van der Waals surface area contributed by atoms with Gasteiger partial charge < -0.3 is 15.3 Å². The van der Waals surface area contributed by atoms with Gasteiger partial charge in [0.25, 0.3) is 5.91 Å². The number of hydrazone groups is 1. The summed E-state index contributed by atoms with van der Waals surface area (Å²) in [7, 11) is 0. The second kappa shape index (κ2) is 6.62. The van der Waals surface area contributed by atoms with Gasteiger partial charge in [-0.2, -0.15) is 5.10 Å². The minimum Gasteiger partial charge on any atom is -0.508 e. The number of aromatic hydroxyl groups is 3. The van der Waals surface area contributed by atoms with Crippen LogP contribution in [0.15, 0.2) is 47.6 Å². The molecule has 0 saturated heterocycles. The van der Waals surface area contributed by atoms with Crippen molar-refractivity contribution in [3.63, 3.8) is 0 Å². The van der Waals surface area contributed by atoms with Gasteiger partial charge in [0.2, 0.25) is 0 Å². The molecule has 4 N–H and O–H groups in total. The molecule has 0 saturated carbocycles. The topological polar surface area (TPSA) is 102 Å². The molecule has 1 amide bonds. The maximum atomic E-state index is 12.0. The van der Waals surface area contributed by atoms with Crippen molar-refractivity contribution in [1.82, 2.24) is 5.43 Å². The molecular formula is C16H16N2O4. The second-order valence-electron chi connectivity index (χ2n) is 4.64. The molecule has 6 nitrogen and oxygen atoms in total. The van der Waals surface area contributed by atoms with E-state index in [0.29, 0.717) is 12.1 Å². The SMILES string of the molecule is CC/C(=N/NC(=O)c1cc(O)cc(O)c1)c1ccc(O)cc1. The van der Waals surface area contributed by atoms with E-state index in [4.69, 9.17) is 0 Å². The Bertz CT molecular complexity index is 688. The second-order valence-corrected chi connectivity index (χ2v) is 4.64. The number of carbonyl (C=O) groups is 1. The number of amides is 1. The Hall–Kier alpha value is -3.02. The van der Waals surface area contributed by atoms with Crippen molar-refractivity contribution in [2.45, 2.75) is 13.3 Å². The predicted molar refractivity (Wildman–Crippen MR) is 82.2 cm³/mol. The van der Waals surface area contributed by atoms with Crippen LogP contribution in [0.25, 0.3) is 0 Å². The Balaban J connectivity index is 2.17. The van der Waals surface area contributed by atoms with E-state index in [2.05, 4.69) is 10.5 Å². The van der Waals surface area contributed by atoms with Gasteiger partial charge in [0, 0.05) is 11.6 Å². The maximum absolute atomic E-state index is 12.0. The first-order valence-electron chi connectivity index (χ1n) is 6.69. The summed E-state index contributed by atoms with van der Waals surface area (Å²) in [5.74, 6) is -0.804. The molecule has 2 aromatic carbocycles. The van der Waals surface area contributed by atoms with E-state index in [9.17, 15) is 20.1 Å². The molecule has 22 heavy (non-hydrogen) atoms. The summed E-state index contributed by atoms with van der Waals surface area (Å²) < 4.78 is 0. The lowest BCUT2D eigenvalue weighted by molar-refractivity contribution is 0.0954. The number of nitrogens with one attached hydrogen (secondary N) is 1. The summed E-state index contributed by atoms with van der Waals surface area (Å²) in [6.07, 6.45) is 0.580. The fourth-order valence-corrected chi connectivity index (χ4v) is 1.91. The van der Waals surface area contributed by atoms with E-state index in [0.717, 1.165) is 11.6 Å². The highest BCUT2D eigenvalue weighted by molar-refractivity contribution is 6.02. The molecule has 0 atom stereocenters. The molecule has 2 rings (SSSR count). The predicted octanol–water partition coefficient (Wildman–Crippen LogP) is 2.35. The molecular weight excluding hydrogens is 284 g/mol. The van der Waals surface area contributed by atoms with Crippen LogP contribution in [0.4, 0.5) is 0 Å². The maximum Gasteiger partial charge on any atom is 0.271 e. The Morgan fingerprint density at radius 1 is 0.955 bits per heavy atom. The summed E-state index contributed by atoms with van der Waals surface area (Å²) in [4.78, 5) is 12.0. The van der Waals surface area contributed by atoms with Crippen molar-refractivity contribution >= 4 is 11.6 Å². The van der Waals surface area contributed by atoms with Crippen molar-refractivity contribution in [2.75, 3.05) is 0 Å². The summed E-state index contributed by atoms with van der Waals surface area (Å²) in [6, 6.07) is 10.1. The van der Waals surface area contributed by atoms with Crippen molar-refractivity contribution in [1.29, 1.82) is 0 Å². The number of phenols is 3. The zero-order valence-corrected chi connectivity index (χ0v) is 11.9. The smallest absolute Gasteiger partial charge is 0.271 e. The third kappa shape index (κ3) is 3.76. The van der Waals surface area contributed by atoms with Gasteiger partial charge in [-0.05, 0) is 48.4 Å². The van der Waals surface area contributed by atoms with E-state index < -0.39 is 5.91 Å². The van der Waals surface area contributed by atoms with E-state index in [1.54, 1.807) is 12.1 Å². The lowest BCUT2D eigenvalue weighted by Gasteiger charge is -2.06. The molecule has 2 aromatic rings. The molecule has 0 aromatic heterocycles. The zero-order valence-electron chi connectivity index (χ0n) is 11.9. The Kier molecular flexibility index (Phi) is 4.63. The normalized spacial score (nSPS) is 11.2. The molecule has 0 spiro atoms. The summed E-state index contributed by atoms with van der Waals surface area (Å²) >= 11 is 0. The average molecular weight is 300 g/mol. The molecule has 0 bridgehead atoms. The van der Waals surface area contributed by atoms with Crippen molar-refractivity contribution < 1.29 is 20.1 Å². The van der Waals surface area contributed by atoms with Gasteiger partial charge >= 0.3 is 0 Å². The monoisotopic (exact) mass is 300 g/mol. The molecule has 0 radical (unpaired) electrons. The van der Waals surface area contributed by atoms with Crippen LogP contribution < -0.4 is 5.43 Å². The van der Waals surface area contributed by atoms with Crippen molar-refractivity contribution in [2.24, 2.45) is 5.10 Å². The number of phenolic OH excluding ortho intramolecular Hbond substituents is 3. The number of hydrogen-bond donors (Lipinski definition) is 4. The van der Waals surface area contributed by atoms with E-state index in [1.807, 2.05) is 6.92 Å². The third-order valence-corrected chi connectivity index (χ3v) is 2.99. The van der Waals surface area contributed by atoms with E-state index in [1.165, 1.54) is 24.3 Å². The fraction of sp³-hybridized carbons (Fsp3) is 0.125. The summed E-state index contributed by atoms with van der Waals surface area (Å²) in [5, 5.41) is 32.1. The standard InChI is InChI=1S/C16H16N2O4/c1-2-15(10-3-5-12(19)6-4-10)17-18-16(22)11-7-13(20)9-14(21)8-11/h3-9,19-21H,2H2,1H3,(H,18,22)/b17-15-. The highest BCUT2D eigenvalue weighted by Crippen LogP contribution is 2.20. The third-order valence-electron chi connectivity index (χ3n) is 2.99. The molecule has 0 aliphatic rings. The van der Waals surface area contributed by atoms with Gasteiger partial charge in [-0.25, -0.2) is 5.43 Å². The van der Waals surface area contributed by atoms with Crippen LogP contribution in [0.2, 0.25) is 0 Å². The van der Waals surface area contributed by atoms with E-state index >= 15 is 0 Å². The number of rotatable bonds is 4. The van der Waals surface area contributed by atoms with Gasteiger partial charge in [0.15, 0.2) is 0 Å². The first-order valence-corrected chi connectivity index (χ1v) is 6.69. The first-order chi connectivity index (χ1) is 10.5. The summed E-state index contributed by atoms with van der Waals surface area (Å²) in [6.45, 7) is 1.89. The fourth-order valence-electron chi connectivity index (χ4n) is 1.91. The van der Waals surface area contributed by atoms with Crippen LogP contribution in [-0.4, -0.2) is 26.9 Å². The summed E-state index contributed by atoms with van der Waals surface area (Å²) in [5.41, 5.74) is 3.90. The quantitative estimate of drug-likeness (QED) is 0.514. The van der Waals surface area contributed by atoms with Gasteiger partial charge in [0.05, 0.1) is 5.71 Å². The van der Waals surface area contributed by atoms with Crippen LogP contribution >= 0.6 is 0 Å². The highest BCUT2D eigenvalue weighted by atomic mass is 16.3. The molecule has 0 aliphatic carbocycles. The molecule has 0 heterocycles. The van der Waals surface area contributed by atoms with Crippen LogP contribution in [-0.2, 0) is 0 Å². The Labute approximate surface area is 127 Å². The van der Waals surface area contributed by atoms with Gasteiger partial charge in [-0.15, -0.1) is 0 Å². The zero-order chi connectivity index (χ0) is 16.1. The van der Waals surface area contributed by atoms with Gasteiger partial charge in [-0.1, -0.05) is 6.92 Å². The van der Waals surface area contributed by atoms with Crippen LogP contribution in [0.1, 0.15) is 29.3 Å². The number of carbonyl (C=O) groups excluding carboxylic acids is 1. The Morgan fingerprint density at radius 3 is 2.09 bits per heavy atom. The number of nitrogens with zero attached hydrogens (tertiary/aromatic N) is 1. The minimum atomic E-state index is -0.545. The van der Waals surface area contributed by atoms with Crippen LogP contribution in [0.3, 0.4) is 0 Å². The molecule has 0 fully saturated rings. The van der Waals surface area contributed by atoms with Crippen LogP contribution in [0, 0.1) is 0 Å².